The fraction of sp³-hybridized carbons (Fsp3) is 0.320. The minimum Gasteiger partial charge on any atom is -0.383 e. The van der Waals surface area contributed by atoms with Gasteiger partial charge in [0.25, 0.3) is 5.91 Å². The summed E-state index contributed by atoms with van der Waals surface area (Å²) < 4.78 is 12.3. The maximum absolute atomic E-state index is 12.4. The number of rotatable bonds is 12. The Labute approximate surface area is 214 Å². The van der Waals surface area contributed by atoms with E-state index in [1.54, 1.807) is 40.0 Å². The molecule has 0 unspecified atom stereocenters. The van der Waals surface area contributed by atoms with Crippen molar-refractivity contribution in [3.8, 4) is 11.3 Å². The fourth-order valence-electron chi connectivity index (χ4n) is 3.94. The van der Waals surface area contributed by atoms with Crippen LogP contribution in [0.1, 0.15) is 10.5 Å². The van der Waals surface area contributed by atoms with E-state index in [4.69, 9.17) is 15.2 Å². The molecule has 0 saturated carbocycles. The standard InChI is InChI=1S/C25H31N9O3/c1-27-24-21(18-13-28-14-19-20(18)29-15-33(19)2)31-22(23(26)35)25(32-24)30-16-5-7-17(8-6-16)34(9-11-36-3)10-12-37-4/h5-8,13-15H,9-12H2,1-4H3,(H2,26,35)(H2,27,30,32). The van der Waals surface area contributed by atoms with Crippen LogP contribution in [-0.4, -0.2) is 78.0 Å². The van der Waals surface area contributed by atoms with Crippen LogP contribution in [0.2, 0.25) is 0 Å². The number of nitrogens with two attached hydrogens (primary N) is 1. The number of nitrogens with zero attached hydrogens (tertiary/aromatic N) is 6. The molecule has 3 aromatic heterocycles. The topological polar surface area (TPSA) is 145 Å². The van der Waals surface area contributed by atoms with E-state index in [0.29, 0.717) is 35.8 Å². The van der Waals surface area contributed by atoms with Crippen molar-refractivity contribution in [1.29, 1.82) is 0 Å². The van der Waals surface area contributed by atoms with Gasteiger partial charge in [0.05, 0.1) is 36.8 Å². The lowest BCUT2D eigenvalue weighted by atomic mass is 10.1. The molecule has 4 N–H and O–H groups in total. The summed E-state index contributed by atoms with van der Waals surface area (Å²) in [6.45, 7) is 2.66. The highest BCUT2D eigenvalue weighted by Gasteiger charge is 2.21. The SMILES string of the molecule is CNc1nc(Nc2ccc(N(CCOC)CCOC)cc2)c(C(N)=O)nc1-c1cncc2c1ncn2C. The van der Waals surface area contributed by atoms with Gasteiger partial charge in [-0.3, -0.25) is 9.78 Å². The first-order valence-corrected chi connectivity index (χ1v) is 11.7. The number of anilines is 4. The molecule has 3 heterocycles. The molecule has 0 fully saturated rings. The van der Waals surface area contributed by atoms with Gasteiger partial charge in [0.15, 0.2) is 17.3 Å². The first-order chi connectivity index (χ1) is 18.0. The zero-order chi connectivity index (χ0) is 26.4. The number of amides is 1. The third kappa shape index (κ3) is 5.60. The van der Waals surface area contributed by atoms with Crippen molar-refractivity contribution >= 4 is 40.0 Å². The molecule has 0 aliphatic rings. The molecule has 194 valence electrons. The molecule has 37 heavy (non-hydrogen) atoms. The Hall–Kier alpha value is -4.29. The lowest BCUT2D eigenvalue weighted by Crippen LogP contribution is -2.30. The Morgan fingerprint density at radius 2 is 1.76 bits per heavy atom. The van der Waals surface area contributed by atoms with Gasteiger partial charge in [0.2, 0.25) is 0 Å². The lowest BCUT2D eigenvalue weighted by Gasteiger charge is -2.24. The molecule has 0 aliphatic heterocycles. The van der Waals surface area contributed by atoms with E-state index in [1.807, 2.05) is 35.9 Å². The number of nitrogens with one attached hydrogen (secondary N) is 2. The van der Waals surface area contributed by atoms with Gasteiger partial charge in [-0.15, -0.1) is 0 Å². The number of primary amides is 1. The number of benzene rings is 1. The second-order valence-electron chi connectivity index (χ2n) is 8.29. The molecule has 0 bridgehead atoms. The summed E-state index contributed by atoms with van der Waals surface area (Å²) in [5, 5.41) is 6.25. The summed E-state index contributed by atoms with van der Waals surface area (Å²) in [6.07, 6.45) is 5.07. The number of aryl methyl sites for hydroxylation is 1. The van der Waals surface area contributed by atoms with Crippen LogP contribution in [-0.2, 0) is 16.5 Å². The number of carbonyl (C=O) groups excluding carboxylic acids is 1. The zero-order valence-corrected chi connectivity index (χ0v) is 21.4. The molecule has 0 radical (unpaired) electrons. The van der Waals surface area contributed by atoms with Crippen LogP contribution >= 0.6 is 0 Å². The second-order valence-corrected chi connectivity index (χ2v) is 8.29. The van der Waals surface area contributed by atoms with Crippen LogP contribution in [0.4, 0.5) is 23.0 Å². The summed E-state index contributed by atoms with van der Waals surface area (Å²) in [5.41, 5.74) is 10.1. The van der Waals surface area contributed by atoms with E-state index >= 15 is 0 Å². The van der Waals surface area contributed by atoms with Crippen molar-refractivity contribution in [2.75, 3.05) is 63.1 Å². The smallest absolute Gasteiger partial charge is 0.271 e. The van der Waals surface area contributed by atoms with E-state index < -0.39 is 5.91 Å². The van der Waals surface area contributed by atoms with E-state index in [-0.39, 0.29) is 11.5 Å². The number of ether oxygens (including phenoxy) is 2. The number of carbonyl (C=O) groups is 1. The monoisotopic (exact) mass is 505 g/mol. The maximum Gasteiger partial charge on any atom is 0.271 e. The molecule has 4 aromatic rings. The molecular weight excluding hydrogens is 474 g/mol. The summed E-state index contributed by atoms with van der Waals surface area (Å²) in [6, 6.07) is 7.76. The van der Waals surface area contributed by atoms with Crippen LogP contribution in [0.5, 0.6) is 0 Å². The number of aromatic nitrogens is 5. The van der Waals surface area contributed by atoms with Gasteiger partial charge >= 0.3 is 0 Å². The van der Waals surface area contributed by atoms with E-state index in [2.05, 4.69) is 35.5 Å². The average molecular weight is 506 g/mol. The summed E-state index contributed by atoms with van der Waals surface area (Å²) >= 11 is 0. The van der Waals surface area contributed by atoms with Crippen molar-refractivity contribution in [3.63, 3.8) is 0 Å². The quantitative estimate of drug-likeness (QED) is 0.262. The molecule has 1 amide bonds. The van der Waals surface area contributed by atoms with Gasteiger partial charge in [-0.1, -0.05) is 0 Å². The van der Waals surface area contributed by atoms with Crippen LogP contribution < -0.4 is 21.3 Å². The number of hydrogen-bond donors (Lipinski definition) is 3. The van der Waals surface area contributed by atoms with Gasteiger partial charge in [-0.25, -0.2) is 15.0 Å². The highest BCUT2D eigenvalue weighted by Crippen LogP contribution is 2.32. The number of fused-ring (bicyclic) bond motifs is 1. The Morgan fingerprint density at radius 1 is 1.05 bits per heavy atom. The maximum atomic E-state index is 12.4. The normalized spacial score (nSPS) is 11.0. The van der Waals surface area contributed by atoms with Crippen LogP contribution in [0.3, 0.4) is 0 Å². The summed E-state index contributed by atoms with van der Waals surface area (Å²) in [5.74, 6) is -0.0125. The molecule has 4 rings (SSSR count). The second kappa shape index (κ2) is 11.6. The van der Waals surface area contributed by atoms with Gasteiger partial charge in [-0.2, -0.15) is 0 Å². The molecular formula is C25H31N9O3. The molecule has 0 aliphatic carbocycles. The Morgan fingerprint density at radius 3 is 2.38 bits per heavy atom. The molecule has 0 saturated heterocycles. The van der Waals surface area contributed by atoms with E-state index in [9.17, 15) is 4.79 Å². The van der Waals surface area contributed by atoms with Crippen molar-refractivity contribution in [2.45, 2.75) is 0 Å². The van der Waals surface area contributed by atoms with Crippen molar-refractivity contribution in [2.24, 2.45) is 12.8 Å². The third-order valence-electron chi connectivity index (χ3n) is 5.89. The number of imidazole rings is 1. The lowest BCUT2D eigenvalue weighted by molar-refractivity contribution is 0.0996. The van der Waals surface area contributed by atoms with Gasteiger partial charge in [-0.05, 0) is 24.3 Å². The highest BCUT2D eigenvalue weighted by atomic mass is 16.5. The van der Waals surface area contributed by atoms with Gasteiger partial charge < -0.3 is 35.3 Å². The van der Waals surface area contributed by atoms with Crippen molar-refractivity contribution in [3.05, 3.63) is 48.7 Å². The Kier molecular flexibility index (Phi) is 8.11. The number of hydrogen-bond acceptors (Lipinski definition) is 10. The highest BCUT2D eigenvalue weighted by molar-refractivity contribution is 5.99. The van der Waals surface area contributed by atoms with Crippen LogP contribution in [0, 0.1) is 0 Å². The summed E-state index contributed by atoms with van der Waals surface area (Å²) in [7, 11) is 6.97. The molecule has 0 spiro atoms. The van der Waals surface area contributed by atoms with Crippen LogP contribution in [0.25, 0.3) is 22.3 Å². The van der Waals surface area contributed by atoms with E-state index in [0.717, 1.165) is 30.0 Å². The molecule has 12 heteroatoms. The largest absolute Gasteiger partial charge is 0.383 e. The summed E-state index contributed by atoms with van der Waals surface area (Å²) in [4.78, 5) is 32.6. The third-order valence-corrected chi connectivity index (χ3v) is 5.89. The average Bonchev–Trinajstić information content (AvgIpc) is 3.30. The molecule has 1 aromatic carbocycles. The minimum atomic E-state index is -0.706. The Balaban J connectivity index is 1.67. The predicted octanol–water partition coefficient (Wildman–Crippen LogP) is 2.41. The minimum absolute atomic E-state index is 0.00725. The number of pyridine rings is 1. The first kappa shape index (κ1) is 25.8. The van der Waals surface area contributed by atoms with Crippen LogP contribution in [0.15, 0.2) is 43.0 Å². The van der Waals surface area contributed by atoms with Gasteiger partial charge in [0.1, 0.15) is 11.2 Å². The zero-order valence-electron chi connectivity index (χ0n) is 21.4. The van der Waals surface area contributed by atoms with E-state index in [1.165, 1.54) is 0 Å². The van der Waals surface area contributed by atoms with Gasteiger partial charge in [0, 0.05) is 59.0 Å². The Bertz CT molecular complexity index is 1360. The first-order valence-electron chi connectivity index (χ1n) is 11.7. The van der Waals surface area contributed by atoms with Crippen molar-refractivity contribution < 1.29 is 14.3 Å². The van der Waals surface area contributed by atoms with Crippen molar-refractivity contribution in [1.82, 2.24) is 24.5 Å². The number of methoxy groups -OCH3 is 2. The molecule has 12 nitrogen and oxygen atoms in total. The fourth-order valence-corrected chi connectivity index (χ4v) is 3.94. The molecule has 0 atom stereocenters. The predicted molar refractivity (Wildman–Crippen MR) is 143 cm³/mol.